The smallest absolute Gasteiger partial charge is 0.241 e. The number of rotatable bonds is 7. The minimum absolute atomic E-state index is 0.0104. The molecule has 1 aromatic carbocycles. The van der Waals surface area contributed by atoms with Crippen LogP contribution in [0.4, 0.5) is 0 Å². The Labute approximate surface area is 178 Å². The van der Waals surface area contributed by atoms with Gasteiger partial charge in [-0.15, -0.1) is 11.3 Å². The van der Waals surface area contributed by atoms with E-state index in [0.717, 1.165) is 47.9 Å². The molecule has 2 aromatic rings. The van der Waals surface area contributed by atoms with Crippen molar-refractivity contribution in [1.82, 2.24) is 10.0 Å². The Morgan fingerprint density at radius 1 is 1.10 bits per heavy atom. The number of carbonyl (C=O) groups is 1. The first kappa shape index (κ1) is 22.0. The van der Waals surface area contributed by atoms with E-state index in [2.05, 4.69) is 21.5 Å². The molecule has 0 aliphatic heterocycles. The second-order valence-corrected chi connectivity index (χ2v) is 10.8. The third kappa shape index (κ3) is 4.57. The maximum Gasteiger partial charge on any atom is 0.241 e. The van der Waals surface area contributed by atoms with Crippen molar-refractivity contribution < 1.29 is 13.2 Å². The van der Waals surface area contributed by atoms with E-state index in [-0.39, 0.29) is 22.8 Å². The van der Waals surface area contributed by atoms with Gasteiger partial charge in [0.15, 0.2) is 0 Å². The molecule has 5 nitrogen and oxygen atoms in total. The van der Waals surface area contributed by atoms with E-state index in [0.29, 0.717) is 6.54 Å². The van der Waals surface area contributed by atoms with Crippen LogP contribution in [0.15, 0.2) is 28.5 Å². The molecule has 0 saturated heterocycles. The molecule has 1 heterocycles. The average molecular weight is 435 g/mol. The van der Waals surface area contributed by atoms with Crippen LogP contribution in [0, 0.1) is 27.7 Å². The van der Waals surface area contributed by atoms with Crippen molar-refractivity contribution >= 4 is 27.3 Å². The highest BCUT2D eigenvalue weighted by molar-refractivity contribution is 7.89. The molecular formula is C22H30N2O3S2. The van der Waals surface area contributed by atoms with Crippen molar-refractivity contribution in [3.63, 3.8) is 0 Å². The van der Waals surface area contributed by atoms with Crippen molar-refractivity contribution in [3.05, 3.63) is 50.7 Å². The number of aryl methyl sites for hydroxylation is 2. The summed E-state index contributed by atoms with van der Waals surface area (Å²) in [6.07, 6.45) is 4.43. The summed E-state index contributed by atoms with van der Waals surface area (Å²) in [6.45, 7) is 7.71. The molecule has 1 fully saturated rings. The fourth-order valence-electron chi connectivity index (χ4n) is 4.29. The Balaban J connectivity index is 1.67. The quantitative estimate of drug-likeness (QED) is 0.694. The highest BCUT2D eigenvalue weighted by Crippen LogP contribution is 2.42. The first-order valence-electron chi connectivity index (χ1n) is 10.0. The monoisotopic (exact) mass is 434 g/mol. The molecule has 158 valence electrons. The summed E-state index contributed by atoms with van der Waals surface area (Å²) in [6, 6.07) is 6.17. The van der Waals surface area contributed by atoms with Gasteiger partial charge in [0.1, 0.15) is 0 Å². The second-order valence-electron chi connectivity index (χ2n) is 8.16. The van der Waals surface area contributed by atoms with Gasteiger partial charge in [0.2, 0.25) is 15.9 Å². The molecule has 1 amide bonds. The van der Waals surface area contributed by atoms with Gasteiger partial charge in [-0.25, -0.2) is 13.1 Å². The lowest BCUT2D eigenvalue weighted by molar-refractivity contribution is -0.120. The zero-order valence-electron chi connectivity index (χ0n) is 17.6. The molecule has 0 spiro atoms. The van der Waals surface area contributed by atoms with Crippen LogP contribution < -0.4 is 10.0 Å². The van der Waals surface area contributed by atoms with Crippen LogP contribution in [0.25, 0.3) is 0 Å². The standard InChI is InChI=1S/C22H30N2O3S2/c1-15-12-16(2)18(4)21(17(15)3)29(26,27)24-13-20(25)23-14-22(9-5-6-10-22)19-8-7-11-28-19/h7-8,11-12,24H,5-6,9-10,13-14H2,1-4H3,(H,23,25). The summed E-state index contributed by atoms with van der Waals surface area (Å²) in [4.78, 5) is 14.0. The van der Waals surface area contributed by atoms with Gasteiger partial charge in [-0.1, -0.05) is 25.0 Å². The van der Waals surface area contributed by atoms with Gasteiger partial charge in [0.05, 0.1) is 11.4 Å². The molecule has 0 radical (unpaired) electrons. The Kier molecular flexibility index (Phi) is 6.51. The minimum Gasteiger partial charge on any atom is -0.354 e. The third-order valence-electron chi connectivity index (χ3n) is 6.22. The number of hydrogen-bond donors (Lipinski definition) is 2. The van der Waals surface area contributed by atoms with Crippen LogP contribution in [0.3, 0.4) is 0 Å². The molecule has 1 aliphatic carbocycles. The van der Waals surface area contributed by atoms with E-state index in [9.17, 15) is 13.2 Å². The molecule has 1 aliphatic rings. The van der Waals surface area contributed by atoms with Crippen molar-refractivity contribution in [3.8, 4) is 0 Å². The van der Waals surface area contributed by atoms with E-state index in [1.54, 1.807) is 25.2 Å². The number of nitrogens with one attached hydrogen (secondary N) is 2. The molecule has 0 atom stereocenters. The van der Waals surface area contributed by atoms with E-state index in [4.69, 9.17) is 0 Å². The molecule has 0 unspecified atom stereocenters. The number of thiophene rings is 1. The largest absolute Gasteiger partial charge is 0.354 e. The lowest BCUT2D eigenvalue weighted by Gasteiger charge is -2.28. The average Bonchev–Trinajstić information content (AvgIpc) is 3.35. The molecule has 1 aromatic heterocycles. The first-order chi connectivity index (χ1) is 13.7. The molecule has 0 bridgehead atoms. The van der Waals surface area contributed by atoms with Crippen LogP contribution in [-0.2, 0) is 20.2 Å². The van der Waals surface area contributed by atoms with Gasteiger partial charge in [0.25, 0.3) is 0 Å². The van der Waals surface area contributed by atoms with Gasteiger partial charge in [0, 0.05) is 16.8 Å². The third-order valence-corrected chi connectivity index (χ3v) is 9.01. The number of benzene rings is 1. The molecule has 7 heteroatoms. The van der Waals surface area contributed by atoms with E-state index >= 15 is 0 Å². The zero-order chi connectivity index (χ0) is 21.2. The summed E-state index contributed by atoms with van der Waals surface area (Å²) in [7, 11) is -3.77. The predicted molar refractivity (Wildman–Crippen MR) is 118 cm³/mol. The number of carbonyl (C=O) groups excluding carboxylic acids is 1. The van der Waals surface area contributed by atoms with Gasteiger partial charge >= 0.3 is 0 Å². The molecular weight excluding hydrogens is 404 g/mol. The summed E-state index contributed by atoms with van der Waals surface area (Å²) < 4.78 is 28.3. The van der Waals surface area contributed by atoms with Crippen molar-refractivity contribution in [1.29, 1.82) is 0 Å². The maximum absolute atomic E-state index is 12.9. The highest BCUT2D eigenvalue weighted by Gasteiger charge is 2.36. The van der Waals surface area contributed by atoms with Crippen molar-refractivity contribution in [2.45, 2.75) is 63.7 Å². The minimum atomic E-state index is -3.77. The molecule has 29 heavy (non-hydrogen) atoms. The van der Waals surface area contributed by atoms with Gasteiger partial charge in [-0.3, -0.25) is 4.79 Å². The molecule has 3 rings (SSSR count). The van der Waals surface area contributed by atoms with Crippen LogP contribution in [-0.4, -0.2) is 27.4 Å². The highest BCUT2D eigenvalue weighted by atomic mass is 32.2. The van der Waals surface area contributed by atoms with Crippen LogP contribution in [0.5, 0.6) is 0 Å². The van der Waals surface area contributed by atoms with Gasteiger partial charge in [-0.05, 0) is 74.2 Å². The summed E-state index contributed by atoms with van der Waals surface area (Å²) in [5, 5.41) is 5.04. The Hall–Kier alpha value is -1.70. The van der Waals surface area contributed by atoms with Crippen LogP contribution in [0.2, 0.25) is 0 Å². The summed E-state index contributed by atoms with van der Waals surface area (Å²) in [5.74, 6) is -0.295. The Morgan fingerprint density at radius 2 is 1.72 bits per heavy atom. The number of hydrogen-bond acceptors (Lipinski definition) is 4. The van der Waals surface area contributed by atoms with Gasteiger partial charge < -0.3 is 5.32 Å². The first-order valence-corrected chi connectivity index (χ1v) is 12.4. The SMILES string of the molecule is Cc1cc(C)c(C)c(S(=O)(=O)NCC(=O)NCC2(c3cccs3)CCCC2)c1C. The summed E-state index contributed by atoms with van der Waals surface area (Å²) in [5.41, 5.74) is 3.30. The topological polar surface area (TPSA) is 75.3 Å². The fourth-order valence-corrected chi connectivity index (χ4v) is 6.87. The maximum atomic E-state index is 12.9. The molecule has 1 saturated carbocycles. The van der Waals surface area contributed by atoms with E-state index in [1.807, 2.05) is 26.0 Å². The van der Waals surface area contributed by atoms with Crippen LogP contribution >= 0.6 is 11.3 Å². The molecule has 2 N–H and O–H groups in total. The lowest BCUT2D eigenvalue weighted by Crippen LogP contribution is -2.43. The number of amides is 1. The van der Waals surface area contributed by atoms with E-state index in [1.165, 1.54) is 4.88 Å². The summed E-state index contributed by atoms with van der Waals surface area (Å²) >= 11 is 1.73. The second kappa shape index (κ2) is 8.58. The van der Waals surface area contributed by atoms with Crippen molar-refractivity contribution in [2.24, 2.45) is 0 Å². The van der Waals surface area contributed by atoms with Gasteiger partial charge in [-0.2, -0.15) is 0 Å². The zero-order valence-corrected chi connectivity index (χ0v) is 19.2. The fraction of sp³-hybridized carbons (Fsp3) is 0.500. The normalized spacial score (nSPS) is 16.1. The number of sulfonamides is 1. The van der Waals surface area contributed by atoms with E-state index < -0.39 is 10.0 Å². The van der Waals surface area contributed by atoms with Crippen LogP contribution in [0.1, 0.15) is 52.8 Å². The Morgan fingerprint density at radius 3 is 2.28 bits per heavy atom. The Bertz CT molecular complexity index is 963. The van der Waals surface area contributed by atoms with Crippen molar-refractivity contribution in [2.75, 3.05) is 13.1 Å². The predicted octanol–water partition coefficient (Wildman–Crippen LogP) is 3.89. The lowest BCUT2D eigenvalue weighted by atomic mass is 9.84.